The summed E-state index contributed by atoms with van der Waals surface area (Å²) in [6.45, 7) is 3.66. The van der Waals surface area contributed by atoms with E-state index in [-0.39, 0.29) is 0 Å². The standard InChI is InChI=1S/C10H19NO2/c1-8(10(12)13)6-7-9(2)11(3,4)5/h6,9H,7H2,1-5H3. The fourth-order valence-electron chi connectivity index (χ4n) is 0.747. The van der Waals surface area contributed by atoms with Crippen LogP contribution in [-0.2, 0) is 4.79 Å². The smallest absolute Gasteiger partial charge is 0.0890 e. The molecule has 0 aromatic rings. The van der Waals surface area contributed by atoms with Crippen molar-refractivity contribution < 1.29 is 14.4 Å². The van der Waals surface area contributed by atoms with Gasteiger partial charge in [-0.25, -0.2) is 0 Å². The van der Waals surface area contributed by atoms with Gasteiger partial charge in [-0.15, -0.1) is 0 Å². The molecule has 1 atom stereocenters. The average Bonchev–Trinajstić information content (AvgIpc) is 1.97. The topological polar surface area (TPSA) is 40.1 Å². The largest absolute Gasteiger partial charge is 0.545 e. The van der Waals surface area contributed by atoms with Crippen LogP contribution in [0.25, 0.3) is 0 Å². The summed E-state index contributed by atoms with van der Waals surface area (Å²) in [5.41, 5.74) is 0.320. The van der Waals surface area contributed by atoms with E-state index in [1.165, 1.54) is 0 Å². The minimum atomic E-state index is -1.08. The van der Waals surface area contributed by atoms with E-state index in [9.17, 15) is 9.90 Å². The van der Waals surface area contributed by atoms with Crippen molar-refractivity contribution in [3.05, 3.63) is 11.6 Å². The molecule has 0 spiro atoms. The number of carbonyl (C=O) groups is 1. The zero-order chi connectivity index (χ0) is 10.6. The monoisotopic (exact) mass is 185 g/mol. The first-order chi connectivity index (χ1) is 5.75. The fourth-order valence-corrected chi connectivity index (χ4v) is 0.747. The van der Waals surface area contributed by atoms with E-state index in [2.05, 4.69) is 28.1 Å². The third-order valence-electron chi connectivity index (χ3n) is 2.41. The lowest BCUT2D eigenvalue weighted by atomic mass is 10.1. The number of rotatable bonds is 4. The molecule has 0 radical (unpaired) electrons. The zero-order valence-corrected chi connectivity index (χ0v) is 9.13. The summed E-state index contributed by atoms with van der Waals surface area (Å²) >= 11 is 0. The summed E-state index contributed by atoms with van der Waals surface area (Å²) in [4.78, 5) is 10.4. The van der Waals surface area contributed by atoms with E-state index in [0.717, 1.165) is 10.9 Å². The van der Waals surface area contributed by atoms with Crippen molar-refractivity contribution >= 4 is 5.97 Å². The Labute approximate surface area is 80.3 Å². The second-order valence-electron chi connectivity index (χ2n) is 4.38. The number of carbonyl (C=O) groups excluding carboxylic acids is 1. The lowest BCUT2D eigenvalue weighted by Crippen LogP contribution is -2.42. The Morgan fingerprint density at radius 1 is 1.46 bits per heavy atom. The Hall–Kier alpha value is -0.830. The molecule has 0 aromatic heterocycles. The summed E-state index contributed by atoms with van der Waals surface area (Å²) in [7, 11) is 6.27. The van der Waals surface area contributed by atoms with Crippen molar-refractivity contribution in [3.8, 4) is 0 Å². The van der Waals surface area contributed by atoms with Crippen molar-refractivity contribution in [2.24, 2.45) is 0 Å². The number of nitrogens with zero attached hydrogens (tertiary/aromatic N) is 1. The summed E-state index contributed by atoms with van der Waals surface area (Å²) in [6, 6.07) is 0.411. The average molecular weight is 185 g/mol. The van der Waals surface area contributed by atoms with E-state index in [1.54, 1.807) is 13.0 Å². The normalized spacial score (nSPS) is 15.6. The molecule has 0 saturated heterocycles. The van der Waals surface area contributed by atoms with E-state index >= 15 is 0 Å². The summed E-state index contributed by atoms with van der Waals surface area (Å²) in [6.07, 6.45) is 2.49. The third kappa shape index (κ3) is 4.68. The molecule has 0 aliphatic heterocycles. The predicted octanol–water partition coefficient (Wildman–Crippen LogP) is 0.167. The van der Waals surface area contributed by atoms with Crippen LogP contribution in [0.2, 0.25) is 0 Å². The van der Waals surface area contributed by atoms with Gasteiger partial charge in [0.25, 0.3) is 0 Å². The number of carboxylic acid groups (broad SMARTS) is 1. The maximum Gasteiger partial charge on any atom is 0.0890 e. The highest BCUT2D eigenvalue weighted by molar-refractivity contribution is 5.83. The molecule has 0 fully saturated rings. The number of carboxylic acids is 1. The predicted molar refractivity (Wildman–Crippen MR) is 50.9 cm³/mol. The first kappa shape index (κ1) is 12.2. The molecule has 3 nitrogen and oxygen atoms in total. The SMILES string of the molecule is CC(=CCC(C)[N+](C)(C)C)C(=O)[O-]. The Morgan fingerprint density at radius 3 is 2.23 bits per heavy atom. The van der Waals surface area contributed by atoms with Gasteiger partial charge in [0.2, 0.25) is 0 Å². The molecular formula is C10H19NO2. The van der Waals surface area contributed by atoms with E-state index in [1.807, 2.05) is 0 Å². The molecule has 0 saturated carbocycles. The van der Waals surface area contributed by atoms with Crippen molar-refractivity contribution in [1.29, 1.82) is 0 Å². The molecule has 0 amide bonds. The minimum absolute atomic E-state index is 0.320. The van der Waals surface area contributed by atoms with Gasteiger partial charge in [-0.3, -0.25) is 0 Å². The molecule has 0 heterocycles. The van der Waals surface area contributed by atoms with Crippen LogP contribution in [0.3, 0.4) is 0 Å². The van der Waals surface area contributed by atoms with Gasteiger partial charge in [0.1, 0.15) is 0 Å². The lowest BCUT2D eigenvalue weighted by Gasteiger charge is -2.31. The fraction of sp³-hybridized carbons (Fsp3) is 0.700. The molecule has 1 unspecified atom stereocenters. The quantitative estimate of drug-likeness (QED) is 0.462. The molecule has 76 valence electrons. The van der Waals surface area contributed by atoms with Gasteiger partial charge >= 0.3 is 0 Å². The number of hydrogen-bond donors (Lipinski definition) is 0. The Balaban J connectivity index is 4.17. The number of aliphatic carboxylic acids is 1. The molecule has 0 bridgehead atoms. The molecule has 0 N–H and O–H groups in total. The van der Waals surface area contributed by atoms with Gasteiger partial charge in [0.05, 0.1) is 33.2 Å². The highest BCUT2D eigenvalue weighted by Gasteiger charge is 2.16. The highest BCUT2D eigenvalue weighted by atomic mass is 16.4. The van der Waals surface area contributed by atoms with Crippen LogP contribution in [0.15, 0.2) is 11.6 Å². The van der Waals surface area contributed by atoms with Crippen LogP contribution < -0.4 is 5.11 Å². The van der Waals surface area contributed by atoms with Gasteiger partial charge in [0, 0.05) is 6.42 Å². The number of hydrogen-bond acceptors (Lipinski definition) is 2. The first-order valence-corrected chi connectivity index (χ1v) is 4.44. The third-order valence-corrected chi connectivity index (χ3v) is 2.41. The molecule has 13 heavy (non-hydrogen) atoms. The first-order valence-electron chi connectivity index (χ1n) is 4.44. The Bertz CT molecular complexity index is 213. The van der Waals surface area contributed by atoms with Crippen molar-refractivity contribution in [3.63, 3.8) is 0 Å². The van der Waals surface area contributed by atoms with Gasteiger partial charge in [-0.2, -0.15) is 0 Å². The Kier molecular flexibility index (Phi) is 4.14. The Morgan fingerprint density at radius 2 is 1.92 bits per heavy atom. The van der Waals surface area contributed by atoms with Crippen LogP contribution in [0.4, 0.5) is 0 Å². The molecular weight excluding hydrogens is 166 g/mol. The molecule has 0 rings (SSSR count). The van der Waals surface area contributed by atoms with Gasteiger partial charge in [-0.1, -0.05) is 6.08 Å². The van der Waals surface area contributed by atoms with E-state index in [0.29, 0.717) is 11.6 Å². The van der Waals surface area contributed by atoms with Gasteiger partial charge in [0.15, 0.2) is 0 Å². The maximum atomic E-state index is 10.4. The van der Waals surface area contributed by atoms with Crippen LogP contribution in [0, 0.1) is 0 Å². The van der Waals surface area contributed by atoms with Crippen molar-refractivity contribution in [2.45, 2.75) is 26.3 Å². The maximum absolute atomic E-state index is 10.4. The van der Waals surface area contributed by atoms with Crippen LogP contribution in [0.5, 0.6) is 0 Å². The summed E-state index contributed by atoms with van der Waals surface area (Å²) < 4.78 is 0.830. The van der Waals surface area contributed by atoms with Crippen LogP contribution in [0.1, 0.15) is 20.3 Å². The second-order valence-corrected chi connectivity index (χ2v) is 4.38. The summed E-state index contributed by atoms with van der Waals surface area (Å²) in [5.74, 6) is -1.08. The highest BCUT2D eigenvalue weighted by Crippen LogP contribution is 2.08. The van der Waals surface area contributed by atoms with Gasteiger partial charge in [-0.05, 0) is 19.4 Å². The van der Waals surface area contributed by atoms with Crippen molar-refractivity contribution in [2.75, 3.05) is 21.1 Å². The molecule has 3 heteroatoms. The van der Waals surface area contributed by atoms with Crippen molar-refractivity contribution in [1.82, 2.24) is 0 Å². The van der Waals surface area contributed by atoms with E-state index in [4.69, 9.17) is 0 Å². The van der Waals surface area contributed by atoms with Gasteiger partial charge < -0.3 is 14.4 Å². The number of quaternary nitrogens is 1. The zero-order valence-electron chi connectivity index (χ0n) is 9.13. The molecule has 0 aliphatic carbocycles. The van der Waals surface area contributed by atoms with E-state index < -0.39 is 5.97 Å². The second kappa shape index (κ2) is 4.42. The minimum Gasteiger partial charge on any atom is -0.545 e. The van der Waals surface area contributed by atoms with Crippen LogP contribution >= 0.6 is 0 Å². The molecule has 0 aliphatic rings. The van der Waals surface area contributed by atoms with Crippen LogP contribution in [-0.4, -0.2) is 37.6 Å². The lowest BCUT2D eigenvalue weighted by molar-refractivity contribution is -0.893. The molecule has 0 aromatic carbocycles. The summed E-state index contributed by atoms with van der Waals surface area (Å²) in [5, 5.41) is 10.4.